The molecule has 1 aliphatic rings. The van der Waals surface area contributed by atoms with E-state index in [-0.39, 0.29) is 5.91 Å². The summed E-state index contributed by atoms with van der Waals surface area (Å²) in [6.07, 6.45) is 6.80. The van der Waals surface area contributed by atoms with E-state index in [1.54, 1.807) is 0 Å². The summed E-state index contributed by atoms with van der Waals surface area (Å²) in [7, 11) is 0. The highest BCUT2D eigenvalue weighted by Gasteiger charge is 2.22. The van der Waals surface area contributed by atoms with Crippen molar-refractivity contribution in [2.45, 2.75) is 52.5 Å². The zero-order chi connectivity index (χ0) is 19.2. The van der Waals surface area contributed by atoms with E-state index in [0.717, 1.165) is 31.1 Å². The fourth-order valence-electron chi connectivity index (χ4n) is 3.98. The number of anilines is 1. The topological polar surface area (TPSA) is 59.0 Å². The van der Waals surface area contributed by atoms with Crippen molar-refractivity contribution >= 4 is 11.6 Å². The average Bonchev–Trinajstić information content (AvgIpc) is 3.11. The summed E-state index contributed by atoms with van der Waals surface area (Å²) in [6, 6.07) is 8.13. The number of amides is 1. The van der Waals surface area contributed by atoms with Crippen LogP contribution in [0.1, 0.15) is 57.3 Å². The van der Waals surface area contributed by atoms with Crippen LogP contribution in [0.3, 0.4) is 0 Å². The van der Waals surface area contributed by atoms with Crippen LogP contribution in [0.25, 0.3) is 0 Å². The first-order chi connectivity index (χ1) is 13.0. The largest absolute Gasteiger partial charge is 0.330 e. The lowest BCUT2D eigenvalue weighted by atomic mass is 9.84. The van der Waals surface area contributed by atoms with Gasteiger partial charge in [-0.2, -0.15) is 0 Å². The SMILES string of the molecule is CC(C)c1nccn1Cc1cccc(NC(=O)CC(C)C2CCNCC2)c1. The number of hydrogen-bond acceptors (Lipinski definition) is 3. The van der Waals surface area contributed by atoms with Crippen molar-refractivity contribution < 1.29 is 4.79 Å². The van der Waals surface area contributed by atoms with Crippen LogP contribution in [0.4, 0.5) is 5.69 Å². The van der Waals surface area contributed by atoms with Gasteiger partial charge < -0.3 is 15.2 Å². The number of carbonyl (C=O) groups is 1. The maximum atomic E-state index is 12.5. The van der Waals surface area contributed by atoms with Crippen LogP contribution in [-0.2, 0) is 11.3 Å². The summed E-state index contributed by atoms with van der Waals surface area (Å²) < 4.78 is 2.17. The Hall–Kier alpha value is -2.14. The monoisotopic (exact) mass is 368 g/mol. The van der Waals surface area contributed by atoms with Gasteiger partial charge in [0.05, 0.1) is 0 Å². The number of rotatable bonds is 7. The quantitative estimate of drug-likeness (QED) is 0.776. The minimum absolute atomic E-state index is 0.115. The molecule has 0 saturated carbocycles. The van der Waals surface area contributed by atoms with E-state index in [4.69, 9.17) is 0 Å². The third-order valence-corrected chi connectivity index (χ3v) is 5.52. The predicted molar refractivity (Wildman–Crippen MR) is 110 cm³/mol. The third kappa shape index (κ3) is 5.42. The van der Waals surface area contributed by atoms with E-state index in [0.29, 0.717) is 24.2 Å². The Bertz CT molecular complexity index is 746. The molecule has 2 aromatic rings. The number of nitrogens with zero attached hydrogens (tertiary/aromatic N) is 2. The van der Waals surface area contributed by atoms with Crippen LogP contribution < -0.4 is 10.6 Å². The van der Waals surface area contributed by atoms with Gasteiger partial charge in [0.2, 0.25) is 5.91 Å². The molecular weight excluding hydrogens is 336 g/mol. The molecule has 27 heavy (non-hydrogen) atoms. The normalized spacial score (nSPS) is 16.4. The molecule has 1 aliphatic heterocycles. The van der Waals surface area contributed by atoms with E-state index < -0.39 is 0 Å². The van der Waals surface area contributed by atoms with Crippen LogP contribution >= 0.6 is 0 Å². The lowest BCUT2D eigenvalue weighted by molar-refractivity contribution is -0.117. The fraction of sp³-hybridized carbons (Fsp3) is 0.545. The Morgan fingerprint density at radius 2 is 2.07 bits per heavy atom. The molecular formula is C22H32N4O. The number of nitrogens with one attached hydrogen (secondary N) is 2. The number of aromatic nitrogens is 2. The minimum Gasteiger partial charge on any atom is -0.330 e. The summed E-state index contributed by atoms with van der Waals surface area (Å²) in [5.74, 6) is 2.66. The van der Waals surface area contributed by atoms with Gasteiger partial charge in [-0.1, -0.05) is 32.9 Å². The van der Waals surface area contributed by atoms with Crippen molar-refractivity contribution in [3.63, 3.8) is 0 Å². The van der Waals surface area contributed by atoms with Crippen LogP contribution in [0.2, 0.25) is 0 Å². The molecule has 3 rings (SSSR count). The van der Waals surface area contributed by atoms with Crippen molar-refractivity contribution in [3.05, 3.63) is 48.0 Å². The molecule has 0 radical (unpaired) electrons. The Balaban J connectivity index is 1.58. The molecule has 1 fully saturated rings. The summed E-state index contributed by atoms with van der Waals surface area (Å²) in [6.45, 7) is 9.43. The number of imidazole rings is 1. The van der Waals surface area contributed by atoms with Crippen molar-refractivity contribution in [3.8, 4) is 0 Å². The second kappa shape index (κ2) is 9.18. The first-order valence-corrected chi connectivity index (χ1v) is 10.1. The van der Waals surface area contributed by atoms with E-state index >= 15 is 0 Å². The lowest BCUT2D eigenvalue weighted by Crippen LogP contribution is -2.32. The maximum absolute atomic E-state index is 12.5. The molecule has 5 nitrogen and oxygen atoms in total. The molecule has 1 amide bonds. The van der Waals surface area contributed by atoms with Crippen LogP contribution in [0, 0.1) is 11.8 Å². The molecule has 0 bridgehead atoms. The molecule has 2 N–H and O–H groups in total. The highest BCUT2D eigenvalue weighted by Crippen LogP contribution is 2.25. The van der Waals surface area contributed by atoms with Crippen LogP contribution in [0.5, 0.6) is 0 Å². The number of carbonyl (C=O) groups excluding carboxylic acids is 1. The van der Waals surface area contributed by atoms with Gasteiger partial charge in [-0.15, -0.1) is 0 Å². The smallest absolute Gasteiger partial charge is 0.224 e. The standard InChI is InChI=1S/C22H32N4O/c1-16(2)22-24-11-12-26(22)15-18-5-4-6-20(14-18)25-21(27)13-17(3)19-7-9-23-10-8-19/h4-6,11-12,14,16-17,19,23H,7-10,13,15H2,1-3H3,(H,25,27). The Morgan fingerprint density at radius 3 is 2.81 bits per heavy atom. The highest BCUT2D eigenvalue weighted by atomic mass is 16.1. The molecule has 1 atom stereocenters. The number of hydrogen-bond donors (Lipinski definition) is 2. The van der Waals surface area contributed by atoms with Gasteiger partial charge in [0, 0.05) is 37.0 Å². The van der Waals surface area contributed by atoms with Gasteiger partial charge in [0.25, 0.3) is 0 Å². The third-order valence-electron chi connectivity index (χ3n) is 5.52. The lowest BCUT2D eigenvalue weighted by Gasteiger charge is -2.27. The van der Waals surface area contributed by atoms with Gasteiger partial charge in [0.15, 0.2) is 0 Å². The van der Waals surface area contributed by atoms with Gasteiger partial charge in [-0.25, -0.2) is 4.98 Å². The molecule has 0 aliphatic carbocycles. The zero-order valence-corrected chi connectivity index (χ0v) is 16.7. The molecule has 1 aromatic carbocycles. The van der Waals surface area contributed by atoms with E-state index in [1.807, 2.05) is 24.5 Å². The molecule has 0 spiro atoms. The Morgan fingerprint density at radius 1 is 1.30 bits per heavy atom. The Labute approximate surface area is 162 Å². The fourth-order valence-corrected chi connectivity index (χ4v) is 3.98. The zero-order valence-electron chi connectivity index (χ0n) is 16.7. The first-order valence-electron chi connectivity index (χ1n) is 10.1. The van der Waals surface area contributed by atoms with Crippen molar-refractivity contribution in [1.82, 2.24) is 14.9 Å². The molecule has 1 aromatic heterocycles. The Kier molecular flexibility index (Phi) is 6.67. The van der Waals surface area contributed by atoms with E-state index in [9.17, 15) is 4.79 Å². The maximum Gasteiger partial charge on any atom is 0.224 e. The molecule has 1 unspecified atom stereocenters. The van der Waals surface area contributed by atoms with Crippen molar-refractivity contribution in [1.29, 1.82) is 0 Å². The second-order valence-electron chi connectivity index (χ2n) is 8.09. The van der Waals surface area contributed by atoms with E-state index in [1.165, 1.54) is 18.4 Å². The molecule has 5 heteroatoms. The summed E-state index contributed by atoms with van der Waals surface area (Å²) in [4.78, 5) is 16.9. The van der Waals surface area contributed by atoms with Gasteiger partial charge in [-0.3, -0.25) is 4.79 Å². The highest BCUT2D eigenvalue weighted by molar-refractivity contribution is 5.90. The van der Waals surface area contributed by atoms with Crippen molar-refractivity contribution in [2.75, 3.05) is 18.4 Å². The van der Waals surface area contributed by atoms with Gasteiger partial charge >= 0.3 is 0 Å². The van der Waals surface area contributed by atoms with Gasteiger partial charge in [-0.05, 0) is 55.5 Å². The van der Waals surface area contributed by atoms with E-state index in [2.05, 4.69) is 53.1 Å². The van der Waals surface area contributed by atoms with Crippen LogP contribution in [-0.4, -0.2) is 28.5 Å². The number of piperidine rings is 1. The molecule has 2 heterocycles. The second-order valence-corrected chi connectivity index (χ2v) is 8.09. The number of benzene rings is 1. The molecule has 1 saturated heterocycles. The van der Waals surface area contributed by atoms with Crippen LogP contribution in [0.15, 0.2) is 36.7 Å². The summed E-state index contributed by atoms with van der Waals surface area (Å²) in [5, 5.41) is 6.48. The first kappa shape index (κ1) is 19.6. The minimum atomic E-state index is 0.115. The average molecular weight is 369 g/mol. The van der Waals surface area contributed by atoms with Crippen molar-refractivity contribution in [2.24, 2.45) is 11.8 Å². The summed E-state index contributed by atoms with van der Waals surface area (Å²) >= 11 is 0. The molecule has 146 valence electrons. The summed E-state index contributed by atoms with van der Waals surface area (Å²) in [5.41, 5.74) is 2.04. The van der Waals surface area contributed by atoms with Gasteiger partial charge in [0.1, 0.15) is 5.82 Å². The predicted octanol–water partition coefficient (Wildman–Crippen LogP) is 4.02.